The molecule has 0 aromatic heterocycles. The monoisotopic (exact) mass is 277 g/mol. The van der Waals surface area contributed by atoms with Crippen molar-refractivity contribution < 1.29 is 27.5 Å². The van der Waals surface area contributed by atoms with Gasteiger partial charge in [-0.05, 0) is 12.1 Å². The molecule has 8 heteroatoms. The van der Waals surface area contributed by atoms with Gasteiger partial charge in [-0.25, -0.2) is 8.42 Å². The lowest BCUT2D eigenvalue weighted by atomic mass is 10.3. The average molecular weight is 277 g/mol. The van der Waals surface area contributed by atoms with Crippen LogP contribution in [-0.2, 0) is 19.6 Å². The smallest absolute Gasteiger partial charge is 0.262 e. The highest BCUT2D eigenvalue weighted by Crippen LogP contribution is 2.29. The highest BCUT2D eigenvalue weighted by Gasteiger charge is 2.17. The first kappa shape index (κ1) is 14.7. The predicted molar refractivity (Wildman–Crippen MR) is 62.8 cm³/mol. The van der Waals surface area contributed by atoms with Crippen molar-refractivity contribution in [1.82, 2.24) is 4.89 Å². The summed E-state index contributed by atoms with van der Waals surface area (Å²) in [6.45, 7) is -0.188. The number of hydrogen-bond donors (Lipinski definition) is 1. The number of hydrogen-bond acceptors (Lipinski definition) is 6. The standard InChI is InChI=1S/C10H15NO6S/c1-14-7-17-11-18(12,13)8-4-5-9(15-2)10(6-8)16-3/h4-6,11H,7H2,1-3H3. The highest BCUT2D eigenvalue weighted by molar-refractivity contribution is 7.89. The Hall–Kier alpha value is -1.35. The molecule has 0 amide bonds. The number of methoxy groups -OCH3 is 3. The van der Waals surface area contributed by atoms with Crippen LogP contribution in [0, 0.1) is 0 Å². The Morgan fingerprint density at radius 2 is 1.78 bits per heavy atom. The van der Waals surface area contributed by atoms with Gasteiger partial charge in [-0.1, -0.05) is 4.89 Å². The highest BCUT2D eigenvalue weighted by atomic mass is 32.2. The summed E-state index contributed by atoms with van der Waals surface area (Å²) in [5, 5.41) is 0. The minimum Gasteiger partial charge on any atom is -0.493 e. The van der Waals surface area contributed by atoms with E-state index in [1.807, 2.05) is 4.89 Å². The second-order valence-corrected chi connectivity index (χ2v) is 4.80. The second-order valence-electron chi connectivity index (χ2n) is 3.15. The first-order valence-electron chi connectivity index (χ1n) is 4.89. The van der Waals surface area contributed by atoms with Gasteiger partial charge in [-0.15, -0.1) is 0 Å². The van der Waals surface area contributed by atoms with E-state index in [1.54, 1.807) is 0 Å². The summed E-state index contributed by atoms with van der Waals surface area (Å²) in [5.41, 5.74) is 0. The molecule has 0 spiro atoms. The van der Waals surface area contributed by atoms with Crippen molar-refractivity contribution in [2.24, 2.45) is 0 Å². The van der Waals surface area contributed by atoms with E-state index in [1.165, 1.54) is 39.5 Å². The van der Waals surface area contributed by atoms with E-state index in [9.17, 15) is 8.42 Å². The van der Waals surface area contributed by atoms with Gasteiger partial charge >= 0.3 is 0 Å². The van der Waals surface area contributed by atoms with E-state index in [0.29, 0.717) is 11.5 Å². The second kappa shape index (κ2) is 6.55. The van der Waals surface area contributed by atoms with Gasteiger partial charge < -0.3 is 14.2 Å². The van der Waals surface area contributed by atoms with Crippen molar-refractivity contribution in [3.8, 4) is 11.5 Å². The first-order chi connectivity index (χ1) is 8.55. The third-order valence-corrected chi connectivity index (χ3v) is 3.22. The van der Waals surface area contributed by atoms with Crippen LogP contribution in [0.25, 0.3) is 0 Å². The third kappa shape index (κ3) is 3.57. The molecule has 0 aliphatic carbocycles. The Morgan fingerprint density at radius 3 is 2.33 bits per heavy atom. The molecular formula is C10H15NO6S. The van der Waals surface area contributed by atoms with Crippen LogP contribution < -0.4 is 14.4 Å². The van der Waals surface area contributed by atoms with Gasteiger partial charge in [0.25, 0.3) is 10.0 Å². The van der Waals surface area contributed by atoms with E-state index in [4.69, 9.17) is 9.47 Å². The predicted octanol–water partition coefficient (Wildman–Crippen LogP) is 0.518. The van der Waals surface area contributed by atoms with Gasteiger partial charge in [0.05, 0.1) is 19.1 Å². The van der Waals surface area contributed by atoms with Gasteiger partial charge in [0.2, 0.25) is 0 Å². The minimum absolute atomic E-state index is 0.00347. The molecule has 0 heterocycles. The molecule has 0 unspecified atom stereocenters. The first-order valence-corrected chi connectivity index (χ1v) is 6.38. The van der Waals surface area contributed by atoms with E-state index in [-0.39, 0.29) is 11.7 Å². The fraction of sp³-hybridized carbons (Fsp3) is 0.400. The molecule has 0 aliphatic heterocycles. The molecule has 1 rings (SSSR count). The molecule has 1 N–H and O–H groups in total. The zero-order chi connectivity index (χ0) is 13.6. The maximum atomic E-state index is 11.8. The Balaban J connectivity index is 2.95. The summed E-state index contributed by atoms with van der Waals surface area (Å²) in [6, 6.07) is 4.20. The third-order valence-electron chi connectivity index (χ3n) is 2.01. The zero-order valence-electron chi connectivity index (χ0n) is 10.3. The molecule has 0 saturated heterocycles. The molecule has 0 aliphatic rings. The number of rotatable bonds is 7. The molecule has 0 atom stereocenters. The van der Waals surface area contributed by atoms with Gasteiger partial charge in [-0.3, -0.25) is 4.84 Å². The van der Waals surface area contributed by atoms with E-state index < -0.39 is 10.0 Å². The lowest BCUT2D eigenvalue weighted by Gasteiger charge is -2.10. The van der Waals surface area contributed by atoms with Gasteiger partial charge in [0.1, 0.15) is 0 Å². The topological polar surface area (TPSA) is 83.1 Å². The zero-order valence-corrected chi connectivity index (χ0v) is 11.1. The summed E-state index contributed by atoms with van der Waals surface area (Å²) < 4.78 is 38.2. The normalized spacial score (nSPS) is 11.3. The molecule has 7 nitrogen and oxygen atoms in total. The van der Waals surface area contributed by atoms with Crippen LogP contribution in [0.2, 0.25) is 0 Å². The van der Waals surface area contributed by atoms with Crippen LogP contribution in [0.5, 0.6) is 11.5 Å². The summed E-state index contributed by atoms with van der Waals surface area (Å²) in [5.74, 6) is 0.751. The molecule has 102 valence electrons. The van der Waals surface area contributed by atoms with Crippen molar-refractivity contribution in [3.63, 3.8) is 0 Å². The van der Waals surface area contributed by atoms with Crippen molar-refractivity contribution in [2.75, 3.05) is 28.1 Å². The van der Waals surface area contributed by atoms with Crippen molar-refractivity contribution in [1.29, 1.82) is 0 Å². The van der Waals surface area contributed by atoms with Crippen molar-refractivity contribution in [2.45, 2.75) is 4.90 Å². The van der Waals surface area contributed by atoms with Crippen LogP contribution in [0.3, 0.4) is 0 Å². The number of sulfonamides is 1. The molecule has 1 aromatic carbocycles. The lowest BCUT2D eigenvalue weighted by molar-refractivity contribution is -0.0540. The summed E-state index contributed by atoms with van der Waals surface area (Å²) in [4.78, 5) is 6.51. The summed E-state index contributed by atoms with van der Waals surface area (Å²) >= 11 is 0. The van der Waals surface area contributed by atoms with Crippen LogP contribution >= 0.6 is 0 Å². The fourth-order valence-electron chi connectivity index (χ4n) is 1.19. The molecule has 18 heavy (non-hydrogen) atoms. The summed E-state index contributed by atoms with van der Waals surface area (Å²) in [7, 11) is 0.486. The van der Waals surface area contributed by atoms with Gasteiger partial charge in [0, 0.05) is 13.2 Å². The fourth-order valence-corrected chi connectivity index (χ4v) is 2.00. The van der Waals surface area contributed by atoms with Crippen LogP contribution in [-0.4, -0.2) is 36.5 Å². The van der Waals surface area contributed by atoms with E-state index in [0.717, 1.165) is 0 Å². The molecule has 1 aromatic rings. The minimum atomic E-state index is -3.78. The van der Waals surface area contributed by atoms with Gasteiger partial charge in [0.15, 0.2) is 18.3 Å². The molecular weight excluding hydrogens is 262 g/mol. The maximum absolute atomic E-state index is 11.8. The number of ether oxygens (including phenoxy) is 3. The van der Waals surface area contributed by atoms with Crippen LogP contribution in [0.1, 0.15) is 0 Å². The Kier molecular flexibility index (Phi) is 5.35. The Bertz CT molecular complexity index is 487. The molecule has 0 bridgehead atoms. The average Bonchev–Trinajstić information content (AvgIpc) is 2.38. The van der Waals surface area contributed by atoms with E-state index >= 15 is 0 Å². The maximum Gasteiger partial charge on any atom is 0.262 e. The molecule has 0 fully saturated rings. The van der Waals surface area contributed by atoms with Crippen molar-refractivity contribution >= 4 is 10.0 Å². The lowest BCUT2D eigenvalue weighted by Crippen LogP contribution is -2.25. The number of nitrogens with one attached hydrogen (secondary N) is 1. The Labute approximate surface area is 106 Å². The van der Waals surface area contributed by atoms with Crippen LogP contribution in [0.15, 0.2) is 23.1 Å². The SMILES string of the molecule is COCONS(=O)(=O)c1ccc(OC)c(OC)c1. The van der Waals surface area contributed by atoms with E-state index in [2.05, 4.69) is 9.57 Å². The quantitative estimate of drug-likeness (QED) is 0.444. The van der Waals surface area contributed by atoms with Gasteiger partial charge in [-0.2, -0.15) is 0 Å². The largest absolute Gasteiger partial charge is 0.493 e. The van der Waals surface area contributed by atoms with Crippen molar-refractivity contribution in [3.05, 3.63) is 18.2 Å². The summed E-state index contributed by atoms with van der Waals surface area (Å²) in [6.07, 6.45) is 0. The molecule has 0 radical (unpaired) electrons. The number of benzene rings is 1. The Morgan fingerprint density at radius 1 is 1.11 bits per heavy atom. The molecule has 0 saturated carbocycles. The van der Waals surface area contributed by atoms with Crippen LogP contribution in [0.4, 0.5) is 0 Å².